The monoisotopic (exact) mass is 782 g/mol. The zero-order chi connectivity index (χ0) is 41.7. The summed E-state index contributed by atoms with van der Waals surface area (Å²) < 4.78 is 4.59. The molecule has 18 heteroatoms. The van der Waals surface area contributed by atoms with Crippen LogP contribution in [0.3, 0.4) is 0 Å². The van der Waals surface area contributed by atoms with Crippen LogP contribution in [-0.2, 0) is 49.5 Å². The molecule has 18 nitrogen and oxygen atoms in total. The number of esters is 1. The van der Waals surface area contributed by atoms with E-state index in [-0.39, 0.29) is 36.8 Å². The summed E-state index contributed by atoms with van der Waals surface area (Å²) in [5.74, 6) is -7.44. The summed E-state index contributed by atoms with van der Waals surface area (Å²) in [6, 6.07) is -5.22. The number of allylic oxidation sites excluding steroid dienone is 2. The number of rotatable bonds is 17. The summed E-state index contributed by atoms with van der Waals surface area (Å²) in [5.41, 5.74) is -0.325. The van der Waals surface area contributed by atoms with Crippen molar-refractivity contribution in [1.82, 2.24) is 31.2 Å². The van der Waals surface area contributed by atoms with E-state index < -0.39 is 95.4 Å². The Hall–Kier alpha value is -5.94. The Morgan fingerprint density at radius 1 is 1.00 bits per heavy atom. The zero-order valence-corrected chi connectivity index (χ0v) is 32.1. The number of carbonyl (C=O) groups is 9. The number of pyridine rings is 1. The van der Waals surface area contributed by atoms with Gasteiger partial charge in [-0.3, -0.25) is 38.5 Å². The minimum absolute atomic E-state index is 0.0451. The molecule has 1 aliphatic carbocycles. The van der Waals surface area contributed by atoms with Crippen LogP contribution >= 0.6 is 0 Å². The van der Waals surface area contributed by atoms with Crippen LogP contribution in [0.2, 0.25) is 0 Å². The van der Waals surface area contributed by atoms with Gasteiger partial charge in [-0.2, -0.15) is 0 Å². The van der Waals surface area contributed by atoms with Crippen LogP contribution < -0.4 is 21.3 Å². The summed E-state index contributed by atoms with van der Waals surface area (Å²) in [6.07, 6.45) is 8.85. The van der Waals surface area contributed by atoms with E-state index >= 15 is 0 Å². The number of aromatic nitrogens is 1. The van der Waals surface area contributed by atoms with Gasteiger partial charge < -0.3 is 41.1 Å². The Bertz CT molecular complexity index is 1770. The zero-order valence-electron chi connectivity index (χ0n) is 32.1. The number of carbonyl (C=O) groups excluding carboxylic acids is 7. The molecule has 2 aliphatic rings. The summed E-state index contributed by atoms with van der Waals surface area (Å²) in [5, 5.41) is 28.9. The molecule has 0 unspecified atom stereocenters. The first kappa shape index (κ1) is 44.5. The third-order valence-electron chi connectivity index (χ3n) is 9.24. The van der Waals surface area contributed by atoms with Crippen LogP contribution in [0, 0.1) is 5.41 Å². The second kappa shape index (κ2) is 20.1. The van der Waals surface area contributed by atoms with Crippen molar-refractivity contribution < 1.29 is 58.1 Å². The summed E-state index contributed by atoms with van der Waals surface area (Å²) in [4.78, 5) is 121. The van der Waals surface area contributed by atoms with E-state index in [4.69, 9.17) is 0 Å². The Morgan fingerprint density at radius 3 is 2.32 bits per heavy atom. The number of hydrogen-bond acceptors (Lipinski definition) is 11. The standard InChI is InChI=1S/C38H50N6O12/c1-21(36(52)53)40-34(50)30(23-11-7-6-8-12-23)42-33(49)27-17-25(45)20-44(27)35(51)31(38(2,3)4)43-32(48)26(13-9-10-14-29(47)56-5)41-28(46)16-22-15-24(37(54)55)19-39-18-22/h10-11,14-15,18-19,21,26-27,30-31H,6-9,12-13,16-17,20H2,1-5H3,(H,40,50)(H,41,46)(H,42,49)(H,43,48)(H,52,53)(H,54,55)/b14-10+/t21-,26-,27-,30-,31+/m0/s1. The molecule has 56 heavy (non-hydrogen) atoms. The number of amides is 5. The highest BCUT2D eigenvalue weighted by atomic mass is 16.5. The molecule has 0 saturated carbocycles. The first-order valence-corrected chi connectivity index (χ1v) is 18.2. The predicted molar refractivity (Wildman–Crippen MR) is 197 cm³/mol. The van der Waals surface area contributed by atoms with Gasteiger partial charge in [-0.1, -0.05) is 32.9 Å². The lowest BCUT2D eigenvalue weighted by atomic mass is 9.85. The number of carboxylic acids is 2. The molecule has 2 heterocycles. The molecule has 1 aromatic heterocycles. The maximum atomic E-state index is 14.3. The van der Waals surface area contributed by atoms with Crippen LogP contribution in [0.25, 0.3) is 0 Å². The van der Waals surface area contributed by atoms with Crippen LogP contribution in [0.5, 0.6) is 0 Å². The van der Waals surface area contributed by atoms with E-state index in [0.29, 0.717) is 18.4 Å². The molecule has 6 N–H and O–H groups in total. The topological polar surface area (TPSA) is 268 Å². The van der Waals surface area contributed by atoms with E-state index in [0.717, 1.165) is 30.0 Å². The van der Waals surface area contributed by atoms with Crippen molar-refractivity contribution in [2.75, 3.05) is 13.7 Å². The van der Waals surface area contributed by atoms with E-state index in [9.17, 15) is 53.4 Å². The van der Waals surface area contributed by atoms with Gasteiger partial charge in [-0.05, 0) is 68.1 Å². The Kier molecular flexibility index (Phi) is 16.0. The smallest absolute Gasteiger partial charge is 0.337 e. The highest BCUT2D eigenvalue weighted by Gasteiger charge is 2.46. The van der Waals surface area contributed by atoms with Gasteiger partial charge in [-0.15, -0.1) is 0 Å². The molecule has 0 bridgehead atoms. The van der Waals surface area contributed by atoms with Gasteiger partial charge in [0.15, 0.2) is 5.78 Å². The molecule has 0 aromatic carbocycles. The van der Waals surface area contributed by atoms with Gasteiger partial charge in [0.2, 0.25) is 29.5 Å². The van der Waals surface area contributed by atoms with Gasteiger partial charge in [-0.25, -0.2) is 9.59 Å². The molecule has 1 saturated heterocycles. The van der Waals surface area contributed by atoms with Crippen molar-refractivity contribution in [1.29, 1.82) is 0 Å². The molecule has 5 atom stereocenters. The molecule has 3 rings (SSSR count). The molecule has 304 valence electrons. The van der Waals surface area contributed by atoms with Gasteiger partial charge in [0, 0.05) is 24.9 Å². The first-order valence-electron chi connectivity index (χ1n) is 18.2. The van der Waals surface area contributed by atoms with Crippen LogP contribution in [-0.4, -0.2) is 117 Å². The number of ketones is 1. The van der Waals surface area contributed by atoms with Gasteiger partial charge in [0.05, 0.1) is 25.6 Å². The van der Waals surface area contributed by atoms with Crippen molar-refractivity contribution in [3.63, 3.8) is 0 Å². The summed E-state index contributed by atoms with van der Waals surface area (Å²) in [7, 11) is 1.19. The highest BCUT2D eigenvalue weighted by Crippen LogP contribution is 2.26. The second-order valence-corrected chi connectivity index (χ2v) is 14.8. The number of hydrogen-bond donors (Lipinski definition) is 6. The number of Topliss-reactive ketones (excluding diaryl/α,β-unsaturated/α-hetero) is 1. The third kappa shape index (κ3) is 12.8. The van der Waals surface area contributed by atoms with Crippen molar-refractivity contribution in [3.05, 3.63) is 53.4 Å². The van der Waals surface area contributed by atoms with Crippen LogP contribution in [0.1, 0.15) is 88.6 Å². The second-order valence-electron chi connectivity index (χ2n) is 14.8. The Morgan fingerprint density at radius 2 is 1.71 bits per heavy atom. The molecule has 1 aromatic rings. The van der Waals surface area contributed by atoms with Crippen LogP contribution in [0.4, 0.5) is 0 Å². The van der Waals surface area contributed by atoms with E-state index in [1.807, 2.05) is 0 Å². The first-order chi connectivity index (χ1) is 26.3. The summed E-state index contributed by atoms with van der Waals surface area (Å²) in [6.45, 7) is 5.77. The number of methoxy groups -OCH3 is 1. The predicted octanol–water partition coefficient (Wildman–Crippen LogP) is 0.592. The lowest BCUT2D eigenvalue weighted by Gasteiger charge is -2.36. The lowest BCUT2D eigenvalue weighted by molar-refractivity contribution is -0.145. The largest absolute Gasteiger partial charge is 0.480 e. The number of ether oxygens (including phenoxy) is 1. The Balaban J connectivity index is 1.86. The molecule has 0 spiro atoms. The van der Waals surface area contributed by atoms with Crippen molar-refractivity contribution >= 4 is 53.2 Å². The normalized spacial score (nSPS) is 17.8. The molecule has 0 radical (unpaired) electrons. The fraction of sp³-hybridized carbons (Fsp3) is 0.526. The minimum Gasteiger partial charge on any atom is -0.480 e. The minimum atomic E-state index is -1.36. The quantitative estimate of drug-likeness (QED) is 0.0719. The van der Waals surface area contributed by atoms with Gasteiger partial charge >= 0.3 is 17.9 Å². The number of aliphatic carboxylic acids is 1. The molecule has 1 aliphatic heterocycles. The molecule has 1 fully saturated rings. The van der Waals surface area contributed by atoms with E-state index in [1.54, 1.807) is 26.8 Å². The molecular weight excluding hydrogens is 732 g/mol. The number of nitrogens with one attached hydrogen (secondary N) is 4. The fourth-order valence-electron chi connectivity index (χ4n) is 6.17. The van der Waals surface area contributed by atoms with E-state index in [1.165, 1.54) is 32.4 Å². The fourth-order valence-corrected chi connectivity index (χ4v) is 6.17. The number of aromatic carboxylic acids is 1. The Labute approximate surface area is 323 Å². The maximum absolute atomic E-state index is 14.3. The lowest BCUT2D eigenvalue weighted by Crippen LogP contribution is -2.61. The highest BCUT2D eigenvalue weighted by molar-refractivity contribution is 6.03. The number of nitrogens with zero attached hydrogens (tertiary/aromatic N) is 2. The molecular formula is C38H50N6O12. The van der Waals surface area contributed by atoms with Gasteiger partial charge in [0.1, 0.15) is 30.2 Å². The van der Waals surface area contributed by atoms with Crippen LogP contribution in [0.15, 0.2) is 42.3 Å². The molecule has 5 amide bonds. The van der Waals surface area contributed by atoms with E-state index in [2.05, 4.69) is 31.0 Å². The summed E-state index contributed by atoms with van der Waals surface area (Å²) >= 11 is 0. The third-order valence-corrected chi connectivity index (χ3v) is 9.24. The maximum Gasteiger partial charge on any atom is 0.337 e. The SMILES string of the molecule is COC(=O)/C=C/CC[C@H](NC(=O)Cc1cncc(C(=O)O)c1)C(=O)N[C@H](C(=O)N1CC(=O)C[C@H]1C(=O)N[C@H](C(=O)N[C@@H](C)C(=O)O)C1=CCCCC1)C(C)(C)C. The van der Waals surface area contributed by atoms with Crippen molar-refractivity contribution in [3.8, 4) is 0 Å². The van der Waals surface area contributed by atoms with Crippen molar-refractivity contribution in [2.45, 2.75) is 109 Å². The van der Waals surface area contributed by atoms with Crippen molar-refractivity contribution in [2.24, 2.45) is 5.41 Å². The average Bonchev–Trinajstić information content (AvgIpc) is 3.54. The average molecular weight is 783 g/mol. The number of likely N-dealkylation sites (tertiary alicyclic amines) is 1. The van der Waals surface area contributed by atoms with Gasteiger partial charge in [0.25, 0.3) is 0 Å². The number of carboxylic acid groups (broad SMARTS) is 2.